The minimum atomic E-state index is -0.212. The van der Waals surface area contributed by atoms with Crippen molar-refractivity contribution in [1.82, 2.24) is 0 Å². The number of ether oxygens (including phenoxy) is 1. The lowest BCUT2D eigenvalue weighted by Crippen LogP contribution is -2.61. The van der Waals surface area contributed by atoms with Crippen molar-refractivity contribution >= 4 is 5.78 Å². The molecule has 3 heteroatoms. The second kappa shape index (κ2) is 7.22. The molecule has 0 aromatic rings. The highest BCUT2D eigenvalue weighted by Gasteiger charge is 2.66. The van der Waals surface area contributed by atoms with Crippen molar-refractivity contribution in [3.63, 3.8) is 0 Å². The van der Waals surface area contributed by atoms with Crippen molar-refractivity contribution in [2.45, 2.75) is 93.4 Å². The smallest absolute Gasteiger partial charge is 0.220 e. The standard InChI is InChI=1S/C31H41NO2/c1-8-34-26-20(2)21-9-10-24-29(5,22(21)17-23(26)33)14-16-31(7)25-18-27(3,19-32)11-12-28(25,4)13-15-30(24,31)6/h9-10,17,25H,8,11-16,18H2,1-7H3/t25-,27-,28-,29+,30?,31+/m1/s1. The fourth-order valence-corrected chi connectivity index (χ4v) is 8.87. The van der Waals surface area contributed by atoms with Crippen LogP contribution in [0, 0.1) is 44.3 Å². The summed E-state index contributed by atoms with van der Waals surface area (Å²) in [6.07, 6.45) is 14.3. The molecule has 6 atom stereocenters. The van der Waals surface area contributed by atoms with Gasteiger partial charge >= 0.3 is 0 Å². The van der Waals surface area contributed by atoms with E-state index in [-0.39, 0.29) is 27.4 Å². The third-order valence-electron chi connectivity index (χ3n) is 11.4. The normalized spacial score (nSPS) is 45.5. The lowest BCUT2D eigenvalue weighted by atomic mass is 9.34. The first-order valence-corrected chi connectivity index (χ1v) is 13.3. The van der Waals surface area contributed by atoms with Gasteiger partial charge in [-0.05, 0) is 105 Å². The highest BCUT2D eigenvalue weighted by molar-refractivity contribution is 6.07. The van der Waals surface area contributed by atoms with E-state index in [2.05, 4.69) is 52.8 Å². The Balaban J connectivity index is 1.63. The molecule has 3 nitrogen and oxygen atoms in total. The fourth-order valence-electron chi connectivity index (χ4n) is 8.87. The molecule has 0 spiro atoms. The number of nitrogens with zero attached hydrogens (tertiary/aromatic N) is 1. The molecule has 3 fully saturated rings. The predicted octanol–water partition coefficient (Wildman–Crippen LogP) is 7.62. The number of ketones is 1. The minimum Gasteiger partial charge on any atom is -0.489 e. The molecule has 1 unspecified atom stereocenters. The van der Waals surface area contributed by atoms with Gasteiger partial charge in [0.2, 0.25) is 5.78 Å². The molecule has 5 aliphatic carbocycles. The van der Waals surface area contributed by atoms with Crippen LogP contribution in [0.3, 0.4) is 0 Å². The van der Waals surface area contributed by atoms with Gasteiger partial charge in [-0.15, -0.1) is 0 Å². The molecule has 5 rings (SSSR count). The Kier molecular flexibility index (Phi) is 5.02. The molecule has 0 aliphatic heterocycles. The van der Waals surface area contributed by atoms with Gasteiger partial charge in [0.05, 0.1) is 18.1 Å². The van der Waals surface area contributed by atoms with Gasteiger partial charge in [0.25, 0.3) is 0 Å². The number of fused-ring (bicyclic) bond motifs is 7. The highest BCUT2D eigenvalue weighted by Crippen LogP contribution is 2.75. The van der Waals surface area contributed by atoms with Gasteiger partial charge in [-0.25, -0.2) is 0 Å². The van der Waals surface area contributed by atoms with Crippen LogP contribution in [-0.2, 0) is 9.53 Å². The van der Waals surface area contributed by atoms with Crippen molar-refractivity contribution < 1.29 is 9.53 Å². The zero-order chi connectivity index (χ0) is 24.7. The Hall–Kier alpha value is -2.08. The van der Waals surface area contributed by atoms with E-state index >= 15 is 0 Å². The third-order valence-corrected chi connectivity index (χ3v) is 11.4. The van der Waals surface area contributed by atoms with Crippen molar-refractivity contribution in [1.29, 1.82) is 5.26 Å². The van der Waals surface area contributed by atoms with Crippen LogP contribution in [-0.4, -0.2) is 12.4 Å². The van der Waals surface area contributed by atoms with E-state index in [1.54, 1.807) is 0 Å². The highest BCUT2D eigenvalue weighted by atomic mass is 16.5. The van der Waals surface area contributed by atoms with Gasteiger partial charge in [-0.3, -0.25) is 4.79 Å². The summed E-state index contributed by atoms with van der Waals surface area (Å²) in [4.78, 5) is 13.1. The molecule has 182 valence electrons. The Morgan fingerprint density at radius 3 is 2.41 bits per heavy atom. The molecule has 34 heavy (non-hydrogen) atoms. The van der Waals surface area contributed by atoms with Crippen LogP contribution in [0.15, 0.2) is 46.3 Å². The molecule has 5 aliphatic rings. The molecule has 0 N–H and O–H groups in total. The van der Waals surface area contributed by atoms with E-state index in [0.29, 0.717) is 23.7 Å². The van der Waals surface area contributed by atoms with Gasteiger partial charge in [-0.1, -0.05) is 45.4 Å². The van der Waals surface area contributed by atoms with E-state index in [0.717, 1.165) is 37.7 Å². The lowest BCUT2D eigenvalue weighted by Gasteiger charge is -2.69. The van der Waals surface area contributed by atoms with Crippen molar-refractivity contribution in [3.8, 4) is 6.07 Å². The number of allylic oxidation sites excluding steroid dienone is 7. The largest absolute Gasteiger partial charge is 0.489 e. The molecular weight excluding hydrogens is 418 g/mol. The molecular formula is C31H41NO2. The van der Waals surface area contributed by atoms with E-state index in [1.807, 2.05) is 19.9 Å². The number of carbonyl (C=O) groups excluding carboxylic acids is 1. The van der Waals surface area contributed by atoms with Crippen molar-refractivity contribution in [2.75, 3.05) is 6.61 Å². The molecule has 0 aromatic carbocycles. The number of nitriles is 1. The summed E-state index contributed by atoms with van der Waals surface area (Å²) in [6.45, 7) is 16.6. The molecule has 0 saturated heterocycles. The summed E-state index contributed by atoms with van der Waals surface area (Å²) in [5.74, 6) is 1.07. The Labute approximate surface area is 206 Å². The number of carbonyl (C=O) groups is 1. The van der Waals surface area contributed by atoms with E-state index in [9.17, 15) is 10.1 Å². The van der Waals surface area contributed by atoms with Crippen LogP contribution in [0.25, 0.3) is 0 Å². The summed E-state index contributed by atoms with van der Waals surface area (Å²) in [5.41, 5.74) is 5.04. The van der Waals surface area contributed by atoms with Crippen LogP contribution >= 0.6 is 0 Å². The Bertz CT molecular complexity index is 1130. The van der Waals surface area contributed by atoms with Crippen LogP contribution in [0.4, 0.5) is 0 Å². The summed E-state index contributed by atoms with van der Waals surface area (Å²) in [7, 11) is 0. The first-order valence-electron chi connectivity index (χ1n) is 13.3. The maximum absolute atomic E-state index is 13.1. The third kappa shape index (κ3) is 2.84. The number of hydrogen-bond acceptors (Lipinski definition) is 3. The molecule has 3 saturated carbocycles. The predicted molar refractivity (Wildman–Crippen MR) is 136 cm³/mol. The maximum atomic E-state index is 13.1. The topological polar surface area (TPSA) is 50.1 Å². The summed E-state index contributed by atoms with van der Waals surface area (Å²) in [5, 5.41) is 10.0. The van der Waals surface area contributed by atoms with Gasteiger partial charge in [0.1, 0.15) is 0 Å². The van der Waals surface area contributed by atoms with Gasteiger partial charge < -0.3 is 4.74 Å². The van der Waals surface area contributed by atoms with Gasteiger partial charge in [0.15, 0.2) is 5.76 Å². The second-order valence-corrected chi connectivity index (χ2v) is 13.1. The Morgan fingerprint density at radius 1 is 1.03 bits per heavy atom. The molecule has 0 bridgehead atoms. The average molecular weight is 460 g/mol. The first kappa shape index (κ1) is 23.7. The van der Waals surface area contributed by atoms with E-state index in [4.69, 9.17) is 4.74 Å². The quantitative estimate of drug-likeness (QED) is 0.427. The molecule has 0 heterocycles. The lowest BCUT2D eigenvalue weighted by molar-refractivity contribution is -0.155. The summed E-state index contributed by atoms with van der Waals surface area (Å²) >= 11 is 0. The number of rotatable bonds is 2. The van der Waals surface area contributed by atoms with Crippen molar-refractivity contribution in [3.05, 3.63) is 46.3 Å². The van der Waals surface area contributed by atoms with Gasteiger partial charge in [0, 0.05) is 11.0 Å². The minimum absolute atomic E-state index is 0.0146. The molecule has 0 radical (unpaired) electrons. The first-order chi connectivity index (χ1) is 15.9. The monoisotopic (exact) mass is 459 g/mol. The molecule has 0 aromatic heterocycles. The van der Waals surface area contributed by atoms with Crippen molar-refractivity contribution in [2.24, 2.45) is 33.0 Å². The maximum Gasteiger partial charge on any atom is 0.220 e. The SMILES string of the molecule is CCOC1=C(C)C2=CC=C3C4(C)CC[C@@]5(C)CC[C@@](C)(C#N)C[C@H]5[C@]4(C)CC[C@@]3(C)C2=CC1=O. The summed E-state index contributed by atoms with van der Waals surface area (Å²) in [6, 6.07) is 2.69. The van der Waals surface area contributed by atoms with E-state index in [1.165, 1.54) is 29.6 Å². The van der Waals surface area contributed by atoms with Crippen LogP contribution < -0.4 is 0 Å². The molecule has 0 amide bonds. The van der Waals surface area contributed by atoms with E-state index < -0.39 is 0 Å². The van der Waals surface area contributed by atoms with Gasteiger partial charge in [-0.2, -0.15) is 5.26 Å². The fraction of sp³-hybridized carbons (Fsp3) is 0.677. The second-order valence-electron chi connectivity index (χ2n) is 13.1. The summed E-state index contributed by atoms with van der Waals surface area (Å²) < 4.78 is 5.75. The average Bonchev–Trinajstić information content (AvgIpc) is 2.80. The van der Waals surface area contributed by atoms with Crippen LogP contribution in [0.2, 0.25) is 0 Å². The van der Waals surface area contributed by atoms with Crippen LogP contribution in [0.1, 0.15) is 93.4 Å². The van der Waals surface area contributed by atoms with Crippen LogP contribution in [0.5, 0.6) is 0 Å². The Morgan fingerprint density at radius 2 is 1.74 bits per heavy atom. The zero-order valence-corrected chi connectivity index (χ0v) is 22.2. The number of hydrogen-bond donors (Lipinski definition) is 0. The zero-order valence-electron chi connectivity index (χ0n) is 22.2.